The topological polar surface area (TPSA) is 108 Å². The van der Waals surface area contributed by atoms with E-state index < -0.39 is 10.0 Å². The summed E-state index contributed by atoms with van der Waals surface area (Å²) in [6.45, 7) is 4.41. The third kappa shape index (κ3) is 7.13. The van der Waals surface area contributed by atoms with E-state index in [0.29, 0.717) is 30.5 Å². The number of ether oxygens (including phenoxy) is 4. The summed E-state index contributed by atoms with van der Waals surface area (Å²) >= 11 is 1.41. The van der Waals surface area contributed by atoms with Crippen LogP contribution >= 0.6 is 11.3 Å². The molecule has 1 fully saturated rings. The molecule has 1 atom stereocenters. The molecule has 4 rings (SSSR count). The van der Waals surface area contributed by atoms with Gasteiger partial charge >= 0.3 is 0 Å². The highest BCUT2D eigenvalue weighted by atomic mass is 32.2. The number of carbonyl (C=O) groups excluding carboxylic acids is 1. The molecule has 1 aromatic heterocycles. The van der Waals surface area contributed by atoms with Gasteiger partial charge in [-0.25, -0.2) is 13.4 Å². The first kappa shape index (κ1) is 29.4. The quantitative estimate of drug-likeness (QED) is 0.285. The molecule has 1 unspecified atom stereocenters. The first-order chi connectivity index (χ1) is 18.9. The predicted molar refractivity (Wildman–Crippen MR) is 150 cm³/mol. The Balaban J connectivity index is 1.61. The lowest BCUT2D eigenvalue weighted by Crippen LogP contribution is -2.38. The van der Waals surface area contributed by atoms with Crippen LogP contribution in [0.4, 0.5) is 5.13 Å². The summed E-state index contributed by atoms with van der Waals surface area (Å²) in [4.78, 5) is 20.2. The molecule has 2 aromatic carbocycles. The minimum atomic E-state index is -3.80. The van der Waals surface area contributed by atoms with Crippen molar-refractivity contribution in [1.29, 1.82) is 0 Å². The highest BCUT2D eigenvalue weighted by Crippen LogP contribution is 2.33. The monoisotopic (exact) mass is 577 g/mol. The fourth-order valence-corrected chi connectivity index (χ4v) is 6.73. The van der Waals surface area contributed by atoms with Crippen molar-refractivity contribution in [2.75, 3.05) is 65.2 Å². The van der Waals surface area contributed by atoms with Crippen LogP contribution in [0.25, 0.3) is 10.2 Å². The summed E-state index contributed by atoms with van der Waals surface area (Å²) < 4.78 is 50.4. The molecule has 10 nitrogen and oxygen atoms in total. The zero-order chi connectivity index (χ0) is 27.8. The van der Waals surface area contributed by atoms with Gasteiger partial charge in [0, 0.05) is 39.5 Å². The number of carbonyl (C=O) groups is 1. The summed E-state index contributed by atoms with van der Waals surface area (Å²) in [6.07, 6.45) is 1.72. The Morgan fingerprint density at radius 2 is 1.82 bits per heavy atom. The second-order valence-electron chi connectivity index (χ2n) is 9.02. The van der Waals surface area contributed by atoms with Crippen LogP contribution in [0.15, 0.2) is 47.4 Å². The van der Waals surface area contributed by atoms with E-state index in [4.69, 9.17) is 23.9 Å². The van der Waals surface area contributed by atoms with E-state index in [1.807, 2.05) is 25.1 Å². The zero-order valence-corrected chi connectivity index (χ0v) is 24.1. The van der Waals surface area contributed by atoms with Crippen molar-refractivity contribution in [3.8, 4) is 5.75 Å². The zero-order valence-electron chi connectivity index (χ0n) is 22.5. The average molecular weight is 578 g/mol. The maximum atomic E-state index is 13.8. The Morgan fingerprint density at radius 1 is 1.10 bits per heavy atom. The number of hydrogen-bond donors (Lipinski definition) is 0. The summed E-state index contributed by atoms with van der Waals surface area (Å²) in [5.74, 6) is 0.480. The molecular weight excluding hydrogens is 542 g/mol. The SMILES string of the molecule is CCOc1ccc2nc(N(CC3CCCO3)C(=O)c3ccc(S(=O)(=O)N(CCOC)CCOC)cc3)sc2c1. The Kier molecular flexibility index (Phi) is 10.3. The van der Waals surface area contributed by atoms with Gasteiger partial charge in [-0.05, 0) is 62.2 Å². The first-order valence-electron chi connectivity index (χ1n) is 12.9. The largest absolute Gasteiger partial charge is 0.494 e. The molecule has 2 heterocycles. The molecule has 1 aliphatic heterocycles. The number of rotatable bonds is 14. The number of benzene rings is 2. The molecule has 0 spiro atoms. The Labute approximate surface area is 233 Å². The first-order valence-corrected chi connectivity index (χ1v) is 15.2. The molecule has 1 amide bonds. The lowest BCUT2D eigenvalue weighted by molar-refractivity contribution is 0.0917. The van der Waals surface area contributed by atoms with E-state index in [1.54, 1.807) is 17.0 Å². The van der Waals surface area contributed by atoms with Crippen LogP contribution < -0.4 is 9.64 Å². The maximum Gasteiger partial charge on any atom is 0.260 e. The molecule has 0 N–H and O–H groups in total. The van der Waals surface area contributed by atoms with Crippen molar-refractivity contribution >= 4 is 42.6 Å². The van der Waals surface area contributed by atoms with Gasteiger partial charge in [0.25, 0.3) is 5.91 Å². The van der Waals surface area contributed by atoms with E-state index in [9.17, 15) is 13.2 Å². The van der Waals surface area contributed by atoms with Crippen LogP contribution in [-0.4, -0.2) is 90.0 Å². The summed E-state index contributed by atoms with van der Waals surface area (Å²) in [6, 6.07) is 11.7. The fourth-order valence-electron chi connectivity index (χ4n) is 4.32. The normalized spacial score (nSPS) is 15.7. The van der Waals surface area contributed by atoms with Crippen molar-refractivity contribution in [3.05, 3.63) is 48.0 Å². The third-order valence-electron chi connectivity index (χ3n) is 6.37. The molecule has 1 aliphatic rings. The van der Waals surface area contributed by atoms with Crippen molar-refractivity contribution in [1.82, 2.24) is 9.29 Å². The van der Waals surface area contributed by atoms with Gasteiger partial charge in [-0.1, -0.05) is 11.3 Å². The van der Waals surface area contributed by atoms with Crippen LogP contribution in [0.5, 0.6) is 5.75 Å². The number of anilines is 1. The molecule has 1 saturated heterocycles. The lowest BCUT2D eigenvalue weighted by atomic mass is 10.2. The summed E-state index contributed by atoms with van der Waals surface area (Å²) in [5, 5.41) is 0.557. The number of fused-ring (bicyclic) bond motifs is 1. The second-order valence-corrected chi connectivity index (χ2v) is 12.0. The Bertz CT molecular complexity index is 1330. The van der Waals surface area contributed by atoms with Gasteiger partial charge < -0.3 is 18.9 Å². The van der Waals surface area contributed by atoms with Crippen LogP contribution in [0.3, 0.4) is 0 Å². The van der Waals surface area contributed by atoms with Gasteiger partial charge in [0.15, 0.2) is 5.13 Å². The Hall–Kier alpha value is -2.61. The van der Waals surface area contributed by atoms with Gasteiger partial charge in [0.2, 0.25) is 10.0 Å². The van der Waals surface area contributed by atoms with E-state index in [2.05, 4.69) is 0 Å². The molecule has 0 aliphatic carbocycles. The molecule has 0 bridgehead atoms. The molecule has 12 heteroatoms. The van der Waals surface area contributed by atoms with Crippen LogP contribution in [0, 0.1) is 0 Å². The summed E-state index contributed by atoms with van der Waals surface area (Å²) in [5.41, 5.74) is 1.14. The van der Waals surface area contributed by atoms with Crippen LogP contribution in [0.1, 0.15) is 30.1 Å². The number of aromatic nitrogens is 1. The molecule has 0 saturated carbocycles. The van der Waals surface area contributed by atoms with Crippen molar-refractivity contribution in [2.24, 2.45) is 0 Å². The predicted octanol–water partition coefficient (Wildman–Crippen LogP) is 3.80. The van der Waals surface area contributed by atoms with E-state index in [-0.39, 0.29) is 43.2 Å². The minimum absolute atomic E-state index is 0.0882. The minimum Gasteiger partial charge on any atom is -0.494 e. The van der Waals surface area contributed by atoms with Crippen LogP contribution in [0.2, 0.25) is 0 Å². The van der Waals surface area contributed by atoms with Gasteiger partial charge in [-0.2, -0.15) is 4.31 Å². The van der Waals surface area contributed by atoms with E-state index >= 15 is 0 Å². The van der Waals surface area contributed by atoms with Crippen molar-refractivity contribution < 1.29 is 32.2 Å². The van der Waals surface area contributed by atoms with Gasteiger partial charge in [-0.15, -0.1) is 0 Å². The number of sulfonamides is 1. The third-order valence-corrected chi connectivity index (χ3v) is 9.33. The number of amides is 1. The molecule has 39 heavy (non-hydrogen) atoms. The molecule has 0 radical (unpaired) electrons. The number of methoxy groups -OCH3 is 2. The number of thiazole rings is 1. The van der Waals surface area contributed by atoms with E-state index in [1.165, 1.54) is 42.0 Å². The highest BCUT2D eigenvalue weighted by Gasteiger charge is 2.28. The van der Waals surface area contributed by atoms with Gasteiger partial charge in [-0.3, -0.25) is 9.69 Å². The standard InChI is InChI=1S/C27H35N3O7S2/c1-4-36-21-9-12-24-25(18-21)38-27(28-24)30(19-22-6-5-15-37-22)26(31)20-7-10-23(11-8-20)39(32,33)29(13-16-34-2)14-17-35-3/h7-12,18,22H,4-6,13-17,19H2,1-3H3. The smallest absolute Gasteiger partial charge is 0.260 e. The maximum absolute atomic E-state index is 13.8. The lowest BCUT2D eigenvalue weighted by Gasteiger charge is -2.24. The van der Waals surface area contributed by atoms with Crippen molar-refractivity contribution in [2.45, 2.75) is 30.8 Å². The Morgan fingerprint density at radius 3 is 2.44 bits per heavy atom. The van der Waals surface area contributed by atoms with E-state index in [0.717, 1.165) is 28.8 Å². The average Bonchev–Trinajstić information content (AvgIpc) is 3.61. The number of hydrogen-bond acceptors (Lipinski definition) is 9. The summed E-state index contributed by atoms with van der Waals surface area (Å²) in [7, 11) is -0.757. The molecule has 212 valence electrons. The molecular formula is C27H35N3O7S2. The van der Waals surface area contributed by atoms with Crippen molar-refractivity contribution in [3.63, 3.8) is 0 Å². The number of nitrogens with zero attached hydrogens (tertiary/aromatic N) is 3. The van der Waals surface area contributed by atoms with Gasteiger partial charge in [0.1, 0.15) is 5.75 Å². The second kappa shape index (κ2) is 13.6. The van der Waals surface area contributed by atoms with Gasteiger partial charge in [0.05, 0.1) is 47.6 Å². The van der Waals surface area contributed by atoms with Crippen LogP contribution in [-0.2, 0) is 24.2 Å². The highest BCUT2D eigenvalue weighted by molar-refractivity contribution is 7.89. The molecule has 3 aromatic rings. The fraction of sp³-hybridized carbons (Fsp3) is 0.481.